The lowest BCUT2D eigenvalue weighted by Crippen LogP contribution is -1.99. The van der Waals surface area contributed by atoms with Gasteiger partial charge in [0, 0.05) is 30.6 Å². The fourth-order valence-electron chi connectivity index (χ4n) is 2.23. The minimum atomic E-state index is 0.484. The zero-order valence-electron chi connectivity index (χ0n) is 13.4. The van der Waals surface area contributed by atoms with Crippen molar-refractivity contribution in [3.05, 3.63) is 48.5 Å². The van der Waals surface area contributed by atoms with Gasteiger partial charge in [-0.1, -0.05) is 0 Å². The minimum absolute atomic E-state index is 0.484. The summed E-state index contributed by atoms with van der Waals surface area (Å²) in [6.45, 7) is 4.66. The summed E-state index contributed by atoms with van der Waals surface area (Å²) in [6, 6.07) is 7.09. The smallest absolute Gasteiger partial charge is 0.212 e. The Bertz CT molecular complexity index is 860. The molecule has 0 aliphatic rings. The van der Waals surface area contributed by atoms with Crippen molar-refractivity contribution in [2.24, 2.45) is 0 Å². The number of pyridine rings is 2. The van der Waals surface area contributed by atoms with Crippen LogP contribution in [0.25, 0.3) is 11.3 Å². The molecule has 0 aromatic carbocycles. The number of hydrogen-bond donors (Lipinski definition) is 1. The van der Waals surface area contributed by atoms with Gasteiger partial charge in [-0.3, -0.25) is 14.5 Å². The zero-order valence-corrected chi connectivity index (χ0v) is 13.4. The van der Waals surface area contributed by atoms with Gasteiger partial charge >= 0.3 is 0 Å². The van der Waals surface area contributed by atoms with E-state index >= 15 is 0 Å². The molecule has 1 amide bonds. The maximum Gasteiger partial charge on any atom is 0.212 e. The summed E-state index contributed by atoms with van der Waals surface area (Å²) in [5, 5.41) is 6.77. The van der Waals surface area contributed by atoms with Gasteiger partial charge in [-0.25, -0.2) is 4.98 Å². The van der Waals surface area contributed by atoms with Gasteiger partial charge in [0.05, 0.1) is 17.6 Å². The number of aromatic nitrogens is 4. The first-order valence-corrected chi connectivity index (χ1v) is 7.54. The van der Waals surface area contributed by atoms with E-state index in [1.807, 2.05) is 30.8 Å². The van der Waals surface area contributed by atoms with Gasteiger partial charge in [0.1, 0.15) is 17.3 Å². The minimum Gasteiger partial charge on any atom is -0.455 e. The number of anilines is 1. The molecule has 122 valence electrons. The van der Waals surface area contributed by atoms with E-state index in [0.29, 0.717) is 29.4 Å². The Morgan fingerprint density at radius 3 is 2.92 bits per heavy atom. The predicted octanol–water partition coefficient (Wildman–Crippen LogP) is 3.03. The summed E-state index contributed by atoms with van der Waals surface area (Å²) in [5.41, 5.74) is 2.40. The molecule has 1 N–H and O–H groups in total. The van der Waals surface area contributed by atoms with E-state index < -0.39 is 0 Å². The van der Waals surface area contributed by atoms with E-state index in [0.717, 1.165) is 17.8 Å². The Balaban J connectivity index is 1.83. The normalized spacial score (nSPS) is 10.4. The van der Waals surface area contributed by atoms with Crippen LogP contribution in [0.2, 0.25) is 0 Å². The second-order valence-electron chi connectivity index (χ2n) is 5.11. The van der Waals surface area contributed by atoms with Crippen molar-refractivity contribution >= 4 is 12.2 Å². The second-order valence-corrected chi connectivity index (χ2v) is 5.11. The van der Waals surface area contributed by atoms with Gasteiger partial charge in [0.2, 0.25) is 6.41 Å². The molecule has 24 heavy (non-hydrogen) atoms. The van der Waals surface area contributed by atoms with Gasteiger partial charge in [0.15, 0.2) is 0 Å². The molecule has 0 atom stereocenters. The highest BCUT2D eigenvalue weighted by Gasteiger charge is 2.08. The summed E-state index contributed by atoms with van der Waals surface area (Å²) >= 11 is 0. The van der Waals surface area contributed by atoms with Gasteiger partial charge in [-0.2, -0.15) is 5.10 Å². The molecule has 0 spiro atoms. The van der Waals surface area contributed by atoms with Crippen molar-refractivity contribution in [3.8, 4) is 22.8 Å². The van der Waals surface area contributed by atoms with Gasteiger partial charge < -0.3 is 10.1 Å². The third-order valence-corrected chi connectivity index (χ3v) is 3.46. The summed E-state index contributed by atoms with van der Waals surface area (Å²) < 4.78 is 7.74. The second kappa shape index (κ2) is 6.91. The molecule has 3 rings (SSSR count). The lowest BCUT2D eigenvalue weighted by molar-refractivity contribution is -0.105. The van der Waals surface area contributed by atoms with Crippen LogP contribution in [0, 0.1) is 6.92 Å². The quantitative estimate of drug-likeness (QED) is 0.705. The molecular weight excluding hydrogens is 306 g/mol. The van der Waals surface area contributed by atoms with E-state index in [-0.39, 0.29) is 0 Å². The van der Waals surface area contributed by atoms with Crippen molar-refractivity contribution < 1.29 is 9.53 Å². The van der Waals surface area contributed by atoms with E-state index in [1.54, 1.807) is 30.6 Å². The lowest BCUT2D eigenvalue weighted by Gasteiger charge is -2.09. The van der Waals surface area contributed by atoms with E-state index in [2.05, 4.69) is 20.4 Å². The van der Waals surface area contributed by atoms with Gasteiger partial charge in [-0.05, 0) is 32.0 Å². The number of carbonyl (C=O) groups is 1. The van der Waals surface area contributed by atoms with Crippen LogP contribution in [0.4, 0.5) is 5.82 Å². The largest absolute Gasteiger partial charge is 0.455 e. The Morgan fingerprint density at radius 1 is 1.33 bits per heavy atom. The maximum absolute atomic E-state index is 10.5. The number of ether oxygens (including phenoxy) is 1. The van der Waals surface area contributed by atoms with Crippen LogP contribution in [-0.4, -0.2) is 26.2 Å². The van der Waals surface area contributed by atoms with Gasteiger partial charge in [-0.15, -0.1) is 0 Å². The molecule has 0 aliphatic carbocycles. The monoisotopic (exact) mass is 323 g/mol. The third kappa shape index (κ3) is 3.40. The molecule has 0 unspecified atom stereocenters. The SMILES string of the molecule is CCn1cc(-c2cc(Oc3ccc(NC=O)nc3C)ccn2)cn1. The Hall–Kier alpha value is -3.22. The van der Waals surface area contributed by atoms with Crippen LogP contribution < -0.4 is 10.1 Å². The first-order chi connectivity index (χ1) is 11.7. The van der Waals surface area contributed by atoms with E-state index in [9.17, 15) is 4.79 Å². The molecule has 3 aromatic heterocycles. The van der Waals surface area contributed by atoms with Crippen LogP contribution in [0.5, 0.6) is 11.5 Å². The summed E-state index contributed by atoms with van der Waals surface area (Å²) in [7, 11) is 0. The number of carbonyl (C=O) groups excluding carboxylic acids is 1. The lowest BCUT2D eigenvalue weighted by atomic mass is 10.2. The molecule has 0 aliphatic heterocycles. The Kier molecular flexibility index (Phi) is 4.51. The first kappa shape index (κ1) is 15.7. The van der Waals surface area contributed by atoms with Gasteiger partial charge in [0.25, 0.3) is 0 Å². The van der Waals surface area contributed by atoms with Crippen LogP contribution in [-0.2, 0) is 11.3 Å². The first-order valence-electron chi connectivity index (χ1n) is 7.54. The zero-order chi connectivity index (χ0) is 16.9. The van der Waals surface area contributed by atoms with Crippen molar-refractivity contribution in [1.82, 2.24) is 19.7 Å². The number of rotatable bonds is 6. The molecule has 3 heterocycles. The highest BCUT2D eigenvalue weighted by molar-refractivity contribution is 5.69. The van der Waals surface area contributed by atoms with E-state index in [1.165, 1.54) is 0 Å². The average Bonchev–Trinajstić information content (AvgIpc) is 3.07. The number of aryl methyl sites for hydroxylation is 2. The van der Waals surface area contributed by atoms with Crippen molar-refractivity contribution in [2.75, 3.05) is 5.32 Å². The molecular formula is C17H17N5O2. The van der Waals surface area contributed by atoms with E-state index in [4.69, 9.17) is 4.74 Å². The molecule has 0 saturated heterocycles. The van der Waals surface area contributed by atoms with Crippen molar-refractivity contribution in [2.45, 2.75) is 20.4 Å². The summed E-state index contributed by atoms with van der Waals surface area (Å²) in [5.74, 6) is 1.76. The third-order valence-electron chi connectivity index (χ3n) is 3.46. The molecule has 0 bridgehead atoms. The molecule has 0 fully saturated rings. The number of hydrogen-bond acceptors (Lipinski definition) is 5. The fourth-order valence-corrected chi connectivity index (χ4v) is 2.23. The van der Waals surface area contributed by atoms with Crippen LogP contribution >= 0.6 is 0 Å². The summed E-state index contributed by atoms with van der Waals surface area (Å²) in [6.07, 6.45) is 6.01. The number of nitrogens with zero attached hydrogens (tertiary/aromatic N) is 4. The number of nitrogens with one attached hydrogen (secondary N) is 1. The highest BCUT2D eigenvalue weighted by atomic mass is 16.5. The Labute approximate surface area is 139 Å². The Morgan fingerprint density at radius 2 is 2.21 bits per heavy atom. The van der Waals surface area contributed by atoms with Crippen LogP contribution in [0.15, 0.2) is 42.9 Å². The molecule has 7 nitrogen and oxygen atoms in total. The highest BCUT2D eigenvalue weighted by Crippen LogP contribution is 2.27. The fraction of sp³-hybridized carbons (Fsp3) is 0.176. The van der Waals surface area contributed by atoms with Crippen molar-refractivity contribution in [1.29, 1.82) is 0 Å². The molecule has 0 radical (unpaired) electrons. The van der Waals surface area contributed by atoms with Crippen LogP contribution in [0.1, 0.15) is 12.6 Å². The summed E-state index contributed by atoms with van der Waals surface area (Å²) in [4.78, 5) is 19.1. The number of amides is 1. The molecule has 0 saturated carbocycles. The maximum atomic E-state index is 10.5. The standard InChI is InChI=1S/C17H17N5O2/c1-3-22-10-13(9-20-22)15-8-14(6-7-18-15)24-16-4-5-17(19-11-23)21-12(16)2/h4-11H,3H2,1-2H3,(H,19,21,23). The molecule has 7 heteroatoms. The van der Waals surface area contributed by atoms with Crippen LogP contribution in [0.3, 0.4) is 0 Å². The topological polar surface area (TPSA) is 81.9 Å². The average molecular weight is 323 g/mol. The molecule has 3 aromatic rings. The predicted molar refractivity (Wildman–Crippen MR) is 89.9 cm³/mol. The van der Waals surface area contributed by atoms with Crippen molar-refractivity contribution in [3.63, 3.8) is 0 Å².